The quantitative estimate of drug-likeness (QED) is 0.255. The van der Waals surface area contributed by atoms with Gasteiger partial charge in [0.05, 0.1) is 18.1 Å². The van der Waals surface area contributed by atoms with Crippen LogP contribution in [0.5, 0.6) is 0 Å². The number of nitro groups is 1. The Kier molecular flexibility index (Phi) is 7.22. The summed E-state index contributed by atoms with van der Waals surface area (Å²) < 4.78 is 5.33. The van der Waals surface area contributed by atoms with E-state index in [1.54, 1.807) is 12.1 Å². The van der Waals surface area contributed by atoms with Crippen LogP contribution < -0.4 is 16.2 Å². The summed E-state index contributed by atoms with van der Waals surface area (Å²) in [6, 6.07) is 12.9. The van der Waals surface area contributed by atoms with Gasteiger partial charge >= 0.3 is 5.69 Å². The first-order chi connectivity index (χ1) is 16.1. The van der Waals surface area contributed by atoms with Gasteiger partial charge in [-0.1, -0.05) is 36.4 Å². The van der Waals surface area contributed by atoms with E-state index in [-0.39, 0.29) is 17.3 Å². The molecule has 3 aromatic rings. The first-order valence-corrected chi connectivity index (χ1v) is 10.7. The summed E-state index contributed by atoms with van der Waals surface area (Å²) in [5, 5.41) is 16.4. The second-order valence-corrected chi connectivity index (χ2v) is 7.52. The van der Waals surface area contributed by atoms with E-state index in [2.05, 4.69) is 31.0 Å². The lowest BCUT2D eigenvalue weighted by Gasteiger charge is -2.26. The van der Waals surface area contributed by atoms with Crippen molar-refractivity contribution in [1.82, 2.24) is 20.3 Å². The van der Waals surface area contributed by atoms with Crippen molar-refractivity contribution in [1.29, 1.82) is 0 Å². The molecule has 0 aliphatic carbocycles. The van der Waals surface area contributed by atoms with Crippen LogP contribution in [-0.2, 0) is 4.74 Å². The number of hydrazine groups is 1. The summed E-state index contributed by atoms with van der Waals surface area (Å²) in [6.07, 6.45) is 2.01. The Morgan fingerprint density at radius 2 is 1.85 bits per heavy atom. The number of nitrogens with zero attached hydrogens (tertiary/aromatic N) is 4. The molecule has 4 rings (SSSR count). The predicted molar refractivity (Wildman–Crippen MR) is 124 cm³/mol. The summed E-state index contributed by atoms with van der Waals surface area (Å²) in [7, 11) is 0. The van der Waals surface area contributed by atoms with E-state index in [1.807, 2.05) is 30.3 Å². The number of rotatable bonds is 9. The molecule has 172 valence electrons. The Bertz CT molecular complexity index is 1130. The van der Waals surface area contributed by atoms with Crippen LogP contribution in [-0.4, -0.2) is 65.1 Å². The monoisotopic (exact) mass is 451 g/mol. The number of carbonyl (C=O) groups is 1. The number of amides is 1. The highest BCUT2D eigenvalue weighted by Gasteiger charge is 2.23. The molecule has 2 heterocycles. The average Bonchev–Trinajstić information content (AvgIpc) is 2.85. The molecule has 1 aromatic heterocycles. The Hall–Kier alpha value is -3.83. The Labute approximate surface area is 190 Å². The molecule has 1 saturated heterocycles. The molecule has 33 heavy (non-hydrogen) atoms. The van der Waals surface area contributed by atoms with Crippen LogP contribution in [0.15, 0.2) is 48.8 Å². The number of carbonyl (C=O) groups excluding carboxylic acids is 1. The fourth-order valence-corrected chi connectivity index (χ4v) is 3.71. The van der Waals surface area contributed by atoms with Crippen LogP contribution in [0.1, 0.15) is 16.8 Å². The fourth-order valence-electron chi connectivity index (χ4n) is 3.71. The van der Waals surface area contributed by atoms with Crippen LogP contribution >= 0.6 is 0 Å². The molecule has 1 aliphatic rings. The van der Waals surface area contributed by atoms with Crippen LogP contribution in [0, 0.1) is 10.1 Å². The van der Waals surface area contributed by atoms with Crippen LogP contribution in [0.25, 0.3) is 10.8 Å². The zero-order valence-corrected chi connectivity index (χ0v) is 18.0. The zero-order chi connectivity index (χ0) is 23.0. The van der Waals surface area contributed by atoms with E-state index in [9.17, 15) is 14.9 Å². The van der Waals surface area contributed by atoms with E-state index in [1.165, 1.54) is 6.33 Å². The molecule has 0 unspecified atom stereocenters. The van der Waals surface area contributed by atoms with Gasteiger partial charge in [0.2, 0.25) is 11.6 Å². The van der Waals surface area contributed by atoms with Crippen LogP contribution in [0.3, 0.4) is 0 Å². The maximum absolute atomic E-state index is 12.7. The Balaban J connectivity index is 1.41. The van der Waals surface area contributed by atoms with Crippen molar-refractivity contribution in [3.63, 3.8) is 0 Å². The molecule has 1 amide bonds. The normalized spacial score (nSPS) is 14.1. The van der Waals surface area contributed by atoms with Gasteiger partial charge in [0.25, 0.3) is 5.91 Å². The maximum atomic E-state index is 12.7. The van der Waals surface area contributed by atoms with E-state index >= 15 is 0 Å². The van der Waals surface area contributed by atoms with Gasteiger partial charge in [-0.3, -0.25) is 30.7 Å². The van der Waals surface area contributed by atoms with Crippen molar-refractivity contribution in [3.05, 3.63) is 64.5 Å². The third-order valence-electron chi connectivity index (χ3n) is 5.38. The van der Waals surface area contributed by atoms with E-state index < -0.39 is 10.8 Å². The molecule has 2 aromatic carbocycles. The van der Waals surface area contributed by atoms with Crippen molar-refractivity contribution in [2.24, 2.45) is 0 Å². The van der Waals surface area contributed by atoms with Crippen molar-refractivity contribution in [2.75, 3.05) is 50.1 Å². The topological polar surface area (TPSA) is 135 Å². The fraction of sp³-hybridized carbons (Fsp3) is 0.318. The SMILES string of the molecule is O=C(NNc1ncnc(NCCCN2CCOCC2)c1[N+](=O)[O-])c1cccc2ccccc12. The van der Waals surface area contributed by atoms with Crippen LogP contribution in [0.2, 0.25) is 0 Å². The first kappa shape index (κ1) is 22.4. The Morgan fingerprint density at radius 3 is 2.67 bits per heavy atom. The second-order valence-electron chi connectivity index (χ2n) is 7.52. The Morgan fingerprint density at radius 1 is 1.09 bits per heavy atom. The number of fused-ring (bicyclic) bond motifs is 1. The number of aromatic nitrogens is 2. The first-order valence-electron chi connectivity index (χ1n) is 10.7. The van der Waals surface area contributed by atoms with Gasteiger partial charge in [0.1, 0.15) is 6.33 Å². The van der Waals surface area contributed by atoms with Crippen molar-refractivity contribution >= 4 is 34.0 Å². The molecule has 1 fully saturated rings. The summed E-state index contributed by atoms with van der Waals surface area (Å²) in [4.78, 5) is 34.2. The molecular formula is C22H25N7O4. The lowest BCUT2D eigenvalue weighted by atomic mass is 10.0. The zero-order valence-electron chi connectivity index (χ0n) is 18.0. The van der Waals surface area contributed by atoms with E-state index in [0.29, 0.717) is 12.1 Å². The highest BCUT2D eigenvalue weighted by atomic mass is 16.6. The van der Waals surface area contributed by atoms with Gasteiger partial charge in [-0.05, 0) is 29.8 Å². The number of morpholine rings is 1. The number of anilines is 2. The molecule has 11 heteroatoms. The third-order valence-corrected chi connectivity index (χ3v) is 5.38. The van der Waals surface area contributed by atoms with Gasteiger partial charge in [-0.2, -0.15) is 0 Å². The van der Waals surface area contributed by atoms with E-state index in [0.717, 1.165) is 50.0 Å². The average molecular weight is 451 g/mol. The lowest BCUT2D eigenvalue weighted by molar-refractivity contribution is -0.383. The summed E-state index contributed by atoms with van der Waals surface area (Å²) >= 11 is 0. The number of hydrogen-bond acceptors (Lipinski definition) is 9. The molecule has 1 aliphatic heterocycles. The van der Waals surface area contributed by atoms with Crippen molar-refractivity contribution in [2.45, 2.75) is 6.42 Å². The highest BCUT2D eigenvalue weighted by molar-refractivity contribution is 6.07. The molecule has 0 atom stereocenters. The van der Waals surface area contributed by atoms with Gasteiger partial charge < -0.3 is 10.1 Å². The van der Waals surface area contributed by atoms with Gasteiger partial charge in [0, 0.05) is 25.2 Å². The second kappa shape index (κ2) is 10.7. The smallest absolute Gasteiger partial charge is 0.354 e. The summed E-state index contributed by atoms with van der Waals surface area (Å²) in [6.45, 7) is 4.60. The summed E-state index contributed by atoms with van der Waals surface area (Å²) in [5.74, 6) is -0.433. The number of hydrogen-bond donors (Lipinski definition) is 3. The number of nitrogens with one attached hydrogen (secondary N) is 3. The number of ether oxygens (including phenoxy) is 1. The molecular weight excluding hydrogens is 426 g/mol. The van der Waals surface area contributed by atoms with E-state index in [4.69, 9.17) is 4.74 Å². The van der Waals surface area contributed by atoms with Crippen molar-refractivity contribution in [3.8, 4) is 0 Å². The minimum atomic E-state index is -0.573. The molecule has 0 spiro atoms. The minimum absolute atomic E-state index is 0.0962. The lowest BCUT2D eigenvalue weighted by Crippen LogP contribution is -2.37. The third kappa shape index (κ3) is 5.51. The minimum Gasteiger partial charge on any atom is -0.379 e. The standard InChI is InChI=1S/C22H25N7O4/c30-22(18-8-3-6-16-5-1-2-7-17(16)18)27-26-21-19(29(31)32)20(24-15-25-21)23-9-4-10-28-11-13-33-14-12-28/h1-3,5-8,15H,4,9-14H2,(H,27,30)(H2,23,24,25,26). The molecule has 3 N–H and O–H groups in total. The highest BCUT2D eigenvalue weighted by Crippen LogP contribution is 2.28. The molecule has 0 bridgehead atoms. The van der Waals surface area contributed by atoms with Gasteiger partial charge in [-0.15, -0.1) is 0 Å². The predicted octanol–water partition coefficient (Wildman–Crippen LogP) is 2.43. The number of benzene rings is 2. The van der Waals surface area contributed by atoms with Gasteiger partial charge in [0.15, 0.2) is 0 Å². The van der Waals surface area contributed by atoms with Crippen molar-refractivity contribution < 1.29 is 14.5 Å². The largest absolute Gasteiger partial charge is 0.379 e. The maximum Gasteiger partial charge on any atom is 0.354 e. The van der Waals surface area contributed by atoms with Crippen LogP contribution in [0.4, 0.5) is 17.3 Å². The molecule has 0 saturated carbocycles. The summed E-state index contributed by atoms with van der Waals surface area (Å²) in [5.41, 5.74) is 5.21. The molecule has 0 radical (unpaired) electrons. The van der Waals surface area contributed by atoms with Gasteiger partial charge in [-0.25, -0.2) is 9.97 Å². The molecule has 11 nitrogen and oxygen atoms in total.